The zero-order valence-corrected chi connectivity index (χ0v) is 11.9. The van der Waals surface area contributed by atoms with E-state index in [4.69, 9.17) is 0 Å². The standard InChI is InChI=1S/C15H14N2O2S/c1-10(18)20-13-7-15(19)17(9-13)12-6-11-4-2-3-5-14(11)16-8-12/h2-6,8,13H,7,9H2,1H3. The lowest BCUT2D eigenvalue weighted by Crippen LogP contribution is -2.25. The van der Waals surface area contributed by atoms with Gasteiger partial charge in [-0.1, -0.05) is 30.0 Å². The molecule has 20 heavy (non-hydrogen) atoms. The zero-order chi connectivity index (χ0) is 14.1. The first-order valence-electron chi connectivity index (χ1n) is 6.46. The summed E-state index contributed by atoms with van der Waals surface area (Å²) in [5.74, 6) is 0.0563. The number of hydrogen-bond donors (Lipinski definition) is 0. The van der Waals surface area contributed by atoms with E-state index in [1.165, 1.54) is 18.7 Å². The highest BCUT2D eigenvalue weighted by atomic mass is 32.2. The Balaban J connectivity index is 1.87. The van der Waals surface area contributed by atoms with E-state index >= 15 is 0 Å². The molecule has 1 amide bonds. The van der Waals surface area contributed by atoms with Crippen LogP contribution in [0.3, 0.4) is 0 Å². The minimum absolute atomic E-state index is 0.0477. The van der Waals surface area contributed by atoms with Gasteiger partial charge in [0.25, 0.3) is 0 Å². The molecule has 2 aromatic rings. The summed E-state index contributed by atoms with van der Waals surface area (Å²) in [6, 6.07) is 9.79. The normalized spacial score (nSPS) is 18.8. The van der Waals surface area contributed by atoms with Crippen LogP contribution in [0.5, 0.6) is 0 Å². The Labute approximate surface area is 121 Å². The van der Waals surface area contributed by atoms with Crippen molar-refractivity contribution in [2.24, 2.45) is 0 Å². The van der Waals surface area contributed by atoms with Gasteiger partial charge in [0.15, 0.2) is 5.12 Å². The molecule has 1 fully saturated rings. The number of benzene rings is 1. The van der Waals surface area contributed by atoms with E-state index in [-0.39, 0.29) is 16.3 Å². The number of carbonyl (C=O) groups excluding carboxylic acids is 2. The zero-order valence-electron chi connectivity index (χ0n) is 11.1. The van der Waals surface area contributed by atoms with Crippen LogP contribution in [-0.4, -0.2) is 27.8 Å². The summed E-state index contributed by atoms with van der Waals surface area (Å²) >= 11 is 1.25. The Morgan fingerprint density at radius 2 is 2.20 bits per heavy atom. The molecule has 0 N–H and O–H groups in total. The van der Waals surface area contributed by atoms with Crippen LogP contribution in [0.1, 0.15) is 13.3 Å². The maximum absolute atomic E-state index is 12.1. The molecular weight excluding hydrogens is 272 g/mol. The fourth-order valence-corrected chi connectivity index (χ4v) is 3.36. The van der Waals surface area contributed by atoms with E-state index in [1.54, 1.807) is 11.1 Å². The number of fused-ring (bicyclic) bond motifs is 1. The van der Waals surface area contributed by atoms with Crippen molar-refractivity contribution in [3.63, 3.8) is 0 Å². The van der Waals surface area contributed by atoms with Crippen LogP contribution in [0.2, 0.25) is 0 Å². The molecule has 0 aliphatic carbocycles. The summed E-state index contributed by atoms with van der Waals surface area (Å²) in [6.07, 6.45) is 2.14. The first-order valence-corrected chi connectivity index (χ1v) is 7.34. The molecule has 102 valence electrons. The van der Waals surface area contributed by atoms with E-state index in [9.17, 15) is 9.59 Å². The van der Waals surface area contributed by atoms with Crippen LogP contribution in [0, 0.1) is 0 Å². The Morgan fingerprint density at radius 3 is 3.00 bits per heavy atom. The number of carbonyl (C=O) groups is 2. The van der Waals surface area contributed by atoms with E-state index in [0.717, 1.165) is 16.6 Å². The summed E-state index contributed by atoms with van der Waals surface area (Å²) < 4.78 is 0. The second-order valence-corrected chi connectivity index (χ2v) is 6.30. The molecule has 1 aromatic carbocycles. The second kappa shape index (κ2) is 5.25. The van der Waals surface area contributed by atoms with Crippen LogP contribution < -0.4 is 4.90 Å². The predicted octanol–water partition coefficient (Wildman–Crippen LogP) is 2.62. The molecule has 2 heterocycles. The lowest BCUT2D eigenvalue weighted by atomic mass is 10.2. The summed E-state index contributed by atoms with van der Waals surface area (Å²) in [7, 11) is 0. The molecule has 5 heteroatoms. The van der Waals surface area contributed by atoms with Gasteiger partial charge in [-0.2, -0.15) is 0 Å². The van der Waals surface area contributed by atoms with Crippen LogP contribution in [0.4, 0.5) is 5.69 Å². The van der Waals surface area contributed by atoms with Crippen molar-refractivity contribution in [1.82, 2.24) is 4.98 Å². The highest BCUT2D eigenvalue weighted by molar-refractivity contribution is 8.14. The number of pyridine rings is 1. The van der Waals surface area contributed by atoms with Gasteiger partial charge in [0.1, 0.15) is 0 Å². The number of anilines is 1. The number of nitrogens with zero attached hydrogens (tertiary/aromatic N) is 2. The molecule has 0 saturated carbocycles. The molecule has 1 atom stereocenters. The van der Waals surface area contributed by atoms with Gasteiger partial charge >= 0.3 is 0 Å². The number of aromatic nitrogens is 1. The summed E-state index contributed by atoms with van der Waals surface area (Å²) in [5.41, 5.74) is 1.72. The van der Waals surface area contributed by atoms with Crippen molar-refractivity contribution in [2.75, 3.05) is 11.4 Å². The van der Waals surface area contributed by atoms with Crippen molar-refractivity contribution in [1.29, 1.82) is 0 Å². The Kier molecular flexibility index (Phi) is 3.44. The third-order valence-corrected chi connectivity index (χ3v) is 4.29. The van der Waals surface area contributed by atoms with Gasteiger partial charge in [0, 0.05) is 30.5 Å². The van der Waals surface area contributed by atoms with Crippen molar-refractivity contribution in [3.05, 3.63) is 36.5 Å². The van der Waals surface area contributed by atoms with Crippen molar-refractivity contribution < 1.29 is 9.59 Å². The molecule has 0 bridgehead atoms. The van der Waals surface area contributed by atoms with Crippen molar-refractivity contribution in [3.8, 4) is 0 Å². The second-order valence-electron chi connectivity index (χ2n) is 4.83. The first kappa shape index (κ1) is 13.1. The molecule has 1 saturated heterocycles. The average molecular weight is 286 g/mol. The van der Waals surface area contributed by atoms with Crippen molar-refractivity contribution >= 4 is 39.4 Å². The van der Waals surface area contributed by atoms with Gasteiger partial charge in [-0.25, -0.2) is 0 Å². The summed E-state index contributed by atoms with van der Waals surface area (Å²) in [6.45, 7) is 2.11. The SMILES string of the molecule is CC(=O)SC1CC(=O)N(c2cnc3ccccc3c2)C1. The van der Waals surface area contributed by atoms with E-state index in [2.05, 4.69) is 4.98 Å². The summed E-state index contributed by atoms with van der Waals surface area (Å²) in [4.78, 5) is 29.3. The van der Waals surface area contributed by atoms with E-state index in [0.29, 0.717) is 13.0 Å². The number of hydrogen-bond acceptors (Lipinski definition) is 4. The average Bonchev–Trinajstić information content (AvgIpc) is 2.78. The summed E-state index contributed by atoms with van der Waals surface area (Å²) in [5, 5.41) is 1.12. The number of rotatable bonds is 2. The third-order valence-electron chi connectivity index (χ3n) is 3.31. The minimum atomic E-state index is 0.0477. The Hall–Kier alpha value is -1.88. The smallest absolute Gasteiger partial charge is 0.228 e. The third kappa shape index (κ3) is 2.54. The lowest BCUT2D eigenvalue weighted by Gasteiger charge is -2.16. The quantitative estimate of drug-likeness (QED) is 0.851. The molecule has 0 spiro atoms. The highest BCUT2D eigenvalue weighted by Gasteiger charge is 2.32. The van der Waals surface area contributed by atoms with Crippen LogP contribution in [0.15, 0.2) is 36.5 Å². The van der Waals surface area contributed by atoms with Gasteiger partial charge in [0.05, 0.1) is 17.4 Å². The number of thioether (sulfide) groups is 1. The first-order chi connectivity index (χ1) is 9.63. The Morgan fingerprint density at radius 1 is 1.40 bits per heavy atom. The highest BCUT2D eigenvalue weighted by Crippen LogP contribution is 2.29. The molecule has 1 aliphatic rings. The van der Waals surface area contributed by atoms with Gasteiger partial charge in [-0.15, -0.1) is 0 Å². The van der Waals surface area contributed by atoms with Crippen LogP contribution in [0.25, 0.3) is 10.9 Å². The molecule has 1 aliphatic heterocycles. The maximum atomic E-state index is 12.1. The number of para-hydroxylation sites is 1. The molecule has 1 aromatic heterocycles. The van der Waals surface area contributed by atoms with Gasteiger partial charge in [-0.3, -0.25) is 14.6 Å². The van der Waals surface area contributed by atoms with Crippen molar-refractivity contribution in [2.45, 2.75) is 18.6 Å². The molecule has 1 unspecified atom stereocenters. The fraction of sp³-hybridized carbons (Fsp3) is 0.267. The predicted molar refractivity (Wildman–Crippen MR) is 80.8 cm³/mol. The Bertz CT molecular complexity index is 686. The van der Waals surface area contributed by atoms with E-state index < -0.39 is 0 Å². The maximum Gasteiger partial charge on any atom is 0.228 e. The molecule has 4 nitrogen and oxygen atoms in total. The van der Waals surface area contributed by atoms with Crippen LogP contribution in [-0.2, 0) is 9.59 Å². The van der Waals surface area contributed by atoms with Crippen LogP contribution >= 0.6 is 11.8 Å². The van der Waals surface area contributed by atoms with Gasteiger partial charge in [0.2, 0.25) is 5.91 Å². The monoisotopic (exact) mass is 286 g/mol. The molecule has 3 rings (SSSR count). The fourth-order valence-electron chi connectivity index (χ4n) is 2.45. The van der Waals surface area contributed by atoms with Gasteiger partial charge < -0.3 is 4.90 Å². The lowest BCUT2D eigenvalue weighted by molar-refractivity contribution is -0.117. The molecule has 0 radical (unpaired) electrons. The molecular formula is C15H14N2O2S. The van der Waals surface area contributed by atoms with Gasteiger partial charge in [-0.05, 0) is 12.1 Å². The minimum Gasteiger partial charge on any atom is -0.310 e. The topological polar surface area (TPSA) is 50.3 Å². The van der Waals surface area contributed by atoms with E-state index in [1.807, 2.05) is 30.3 Å². The number of amides is 1. The largest absolute Gasteiger partial charge is 0.310 e.